The maximum Gasteiger partial charge on any atom is 0.256 e. The van der Waals surface area contributed by atoms with Crippen molar-refractivity contribution in [3.8, 4) is 11.4 Å². The Balaban J connectivity index is 1.66. The molecule has 4 rings (SSSR count). The number of nitrogens with zero attached hydrogens (tertiary/aromatic N) is 4. The smallest absolute Gasteiger partial charge is 0.256 e. The molecule has 0 aliphatic rings. The van der Waals surface area contributed by atoms with Gasteiger partial charge in [-0.2, -0.15) is 10.2 Å². The number of anilines is 1. The first kappa shape index (κ1) is 20.0. The molecule has 0 saturated carbocycles. The van der Waals surface area contributed by atoms with E-state index in [-0.39, 0.29) is 12.5 Å². The van der Waals surface area contributed by atoms with Crippen molar-refractivity contribution < 1.29 is 9.18 Å². The van der Waals surface area contributed by atoms with Gasteiger partial charge in [-0.1, -0.05) is 11.6 Å². The molecule has 0 saturated heterocycles. The number of H-pyrrole nitrogens is 1. The monoisotopic (exact) mass is 426 g/mol. The van der Waals surface area contributed by atoms with Gasteiger partial charge >= 0.3 is 0 Å². The average molecular weight is 427 g/mol. The van der Waals surface area contributed by atoms with Crippen molar-refractivity contribution in [1.29, 1.82) is 0 Å². The molecule has 0 unspecified atom stereocenters. The van der Waals surface area contributed by atoms with Gasteiger partial charge < -0.3 is 5.32 Å². The topological polar surface area (TPSA) is 88.5 Å². The molecule has 3 aromatic heterocycles. The van der Waals surface area contributed by atoms with E-state index in [0.717, 1.165) is 16.5 Å². The molecule has 30 heavy (non-hydrogen) atoms. The summed E-state index contributed by atoms with van der Waals surface area (Å²) in [4.78, 5) is 17.2. The molecule has 4 aromatic rings. The van der Waals surface area contributed by atoms with Crippen molar-refractivity contribution >= 4 is 34.1 Å². The van der Waals surface area contributed by atoms with Crippen molar-refractivity contribution in [2.24, 2.45) is 0 Å². The normalized spacial score (nSPS) is 11.8. The number of aromatic nitrogens is 5. The van der Waals surface area contributed by atoms with Crippen LogP contribution in [0.5, 0.6) is 0 Å². The van der Waals surface area contributed by atoms with Gasteiger partial charge in [0.1, 0.15) is 11.4 Å². The summed E-state index contributed by atoms with van der Waals surface area (Å²) in [6.45, 7) is 4.94. The number of fused-ring (bicyclic) bond motifs is 1. The highest BCUT2D eigenvalue weighted by molar-refractivity contribution is 6.30. The average Bonchev–Trinajstić information content (AvgIpc) is 3.27. The van der Waals surface area contributed by atoms with Crippen LogP contribution in [0.15, 0.2) is 42.9 Å². The van der Waals surface area contributed by atoms with Crippen molar-refractivity contribution in [3.63, 3.8) is 0 Å². The molecule has 0 bridgehead atoms. The zero-order chi connectivity index (χ0) is 21.5. The number of hydrogen-bond donors (Lipinski definition) is 2. The number of carbonyl (C=O) groups excluding carboxylic acids is 1. The van der Waals surface area contributed by atoms with Crippen LogP contribution in [0.2, 0.25) is 5.02 Å². The third-order valence-corrected chi connectivity index (χ3v) is 4.86. The minimum absolute atomic E-state index is 0.113. The number of nitrogens with one attached hydrogen (secondary N) is 2. The zero-order valence-corrected chi connectivity index (χ0v) is 17.5. The van der Waals surface area contributed by atoms with E-state index >= 15 is 0 Å². The quantitative estimate of drug-likeness (QED) is 0.480. The number of halogens is 2. The number of rotatable bonds is 5. The summed E-state index contributed by atoms with van der Waals surface area (Å²) in [6, 6.07) is 6.87. The molecule has 0 fully saturated rings. The summed E-state index contributed by atoms with van der Waals surface area (Å²) >= 11 is 5.98. The molecule has 0 spiro atoms. The lowest BCUT2D eigenvalue weighted by molar-refractivity contribution is 0.102. The maximum absolute atomic E-state index is 14.1. The molecule has 1 amide bonds. The van der Waals surface area contributed by atoms with E-state index in [9.17, 15) is 9.18 Å². The van der Waals surface area contributed by atoms with Gasteiger partial charge in [-0.3, -0.25) is 19.6 Å². The van der Waals surface area contributed by atoms with Crippen molar-refractivity contribution in [2.45, 2.75) is 33.0 Å². The number of alkyl halides is 1. The first-order valence-electron chi connectivity index (χ1n) is 9.33. The molecule has 0 aliphatic heterocycles. The molecule has 7 nitrogen and oxygen atoms in total. The molecular formula is C21H20ClFN6O. The molecule has 0 radical (unpaired) electrons. The number of hydrogen-bond acceptors (Lipinski definition) is 4. The summed E-state index contributed by atoms with van der Waals surface area (Å²) in [5, 5.41) is 15.4. The van der Waals surface area contributed by atoms with E-state index < -0.39 is 5.67 Å². The van der Waals surface area contributed by atoms with E-state index in [2.05, 4.69) is 25.6 Å². The summed E-state index contributed by atoms with van der Waals surface area (Å²) in [5.41, 5.74) is 2.20. The Morgan fingerprint density at radius 3 is 2.80 bits per heavy atom. The van der Waals surface area contributed by atoms with E-state index in [4.69, 9.17) is 11.6 Å². The second-order valence-corrected chi connectivity index (χ2v) is 8.16. The third kappa shape index (κ3) is 4.04. The Hall–Kier alpha value is -3.26. The maximum atomic E-state index is 14.1. The highest BCUT2D eigenvalue weighted by atomic mass is 35.5. The van der Waals surface area contributed by atoms with Crippen LogP contribution in [0.4, 0.5) is 10.1 Å². The lowest BCUT2D eigenvalue weighted by Crippen LogP contribution is -2.21. The largest absolute Gasteiger partial charge is 0.319 e. The van der Waals surface area contributed by atoms with Crippen molar-refractivity contribution in [2.75, 3.05) is 5.32 Å². The fourth-order valence-electron chi connectivity index (χ4n) is 3.24. The Morgan fingerprint density at radius 1 is 1.27 bits per heavy atom. The van der Waals surface area contributed by atoms with Crippen LogP contribution in [-0.2, 0) is 6.54 Å². The van der Waals surface area contributed by atoms with Gasteiger partial charge in [0.05, 0.1) is 35.8 Å². The minimum atomic E-state index is -1.41. The predicted molar refractivity (Wildman–Crippen MR) is 114 cm³/mol. The Kier molecular flexibility index (Phi) is 5.03. The van der Waals surface area contributed by atoms with Crippen LogP contribution in [-0.4, -0.2) is 36.5 Å². The summed E-state index contributed by atoms with van der Waals surface area (Å²) in [6.07, 6.45) is 4.83. The second kappa shape index (κ2) is 7.53. The van der Waals surface area contributed by atoms with E-state index in [0.29, 0.717) is 27.7 Å². The SMILES string of the molecule is Cc1cc(Cl)ccc1C(=O)Nc1cn[nH]c1-c1cc2c(cn1)cnn2CC(C)(C)F. The van der Waals surface area contributed by atoms with Crippen LogP contribution >= 0.6 is 11.6 Å². The van der Waals surface area contributed by atoms with Crippen LogP contribution in [0, 0.1) is 6.92 Å². The summed E-state index contributed by atoms with van der Waals surface area (Å²) in [7, 11) is 0. The number of aromatic amines is 1. The van der Waals surface area contributed by atoms with Crippen LogP contribution < -0.4 is 5.32 Å². The van der Waals surface area contributed by atoms with Gasteiger partial charge in [-0.15, -0.1) is 0 Å². The molecule has 9 heteroatoms. The van der Waals surface area contributed by atoms with Gasteiger partial charge in [-0.05, 0) is 50.6 Å². The van der Waals surface area contributed by atoms with E-state index in [1.165, 1.54) is 20.0 Å². The molecule has 2 N–H and O–H groups in total. The first-order chi connectivity index (χ1) is 14.2. The van der Waals surface area contributed by atoms with E-state index in [1.54, 1.807) is 41.3 Å². The number of pyridine rings is 1. The highest BCUT2D eigenvalue weighted by Crippen LogP contribution is 2.28. The molecule has 154 valence electrons. The van der Waals surface area contributed by atoms with Crippen LogP contribution in [0.3, 0.4) is 0 Å². The van der Waals surface area contributed by atoms with Gasteiger partial charge in [0.15, 0.2) is 0 Å². The summed E-state index contributed by atoms with van der Waals surface area (Å²) in [5.74, 6) is -0.280. The molecule has 3 heterocycles. The first-order valence-corrected chi connectivity index (χ1v) is 9.71. The fourth-order valence-corrected chi connectivity index (χ4v) is 3.47. The van der Waals surface area contributed by atoms with Crippen LogP contribution in [0.1, 0.15) is 29.8 Å². The Labute approximate surface area is 177 Å². The second-order valence-electron chi connectivity index (χ2n) is 7.72. The number of aryl methyl sites for hydroxylation is 1. The highest BCUT2D eigenvalue weighted by Gasteiger charge is 2.20. The van der Waals surface area contributed by atoms with Crippen molar-refractivity contribution in [3.05, 3.63) is 59.0 Å². The molecule has 0 atom stereocenters. The minimum Gasteiger partial charge on any atom is -0.319 e. The number of carbonyl (C=O) groups is 1. The lowest BCUT2D eigenvalue weighted by atomic mass is 10.1. The molecule has 1 aromatic carbocycles. The predicted octanol–water partition coefficient (Wildman–Crippen LogP) is 4.78. The van der Waals surface area contributed by atoms with Gasteiger partial charge in [-0.25, -0.2) is 4.39 Å². The zero-order valence-electron chi connectivity index (χ0n) is 16.7. The standard InChI is InChI=1S/C21H20ClFN6O/c1-12-6-14(22)4-5-15(12)20(30)27-17-10-25-28-19(17)16-7-18-13(8-24-16)9-26-29(18)11-21(2,3)23/h4-10H,11H2,1-3H3,(H,25,28)(H,27,30). The fraction of sp³-hybridized carbons (Fsp3) is 0.238. The number of benzene rings is 1. The van der Waals surface area contributed by atoms with Gasteiger partial charge in [0, 0.05) is 22.2 Å². The summed E-state index contributed by atoms with van der Waals surface area (Å²) < 4.78 is 15.7. The Morgan fingerprint density at radius 2 is 2.07 bits per heavy atom. The van der Waals surface area contributed by atoms with E-state index in [1.807, 2.05) is 6.92 Å². The van der Waals surface area contributed by atoms with Crippen molar-refractivity contribution in [1.82, 2.24) is 25.0 Å². The Bertz CT molecular complexity index is 1240. The third-order valence-electron chi connectivity index (χ3n) is 4.63. The lowest BCUT2D eigenvalue weighted by Gasteiger charge is -2.14. The van der Waals surface area contributed by atoms with Gasteiger partial charge in [0.2, 0.25) is 0 Å². The van der Waals surface area contributed by atoms with Gasteiger partial charge in [0.25, 0.3) is 5.91 Å². The molecular weight excluding hydrogens is 407 g/mol. The van der Waals surface area contributed by atoms with Crippen LogP contribution in [0.25, 0.3) is 22.3 Å². The molecule has 0 aliphatic carbocycles. The number of amides is 1.